The third kappa shape index (κ3) is 2.07. The van der Waals surface area contributed by atoms with Gasteiger partial charge in [-0.2, -0.15) is 0 Å². The molecule has 4 rings (SSSR count). The molecule has 1 N–H and O–H groups in total. The number of carbonyl (C=O) groups excluding carboxylic acids is 1. The molecule has 0 bridgehead atoms. The first-order valence-electron chi connectivity index (χ1n) is 10.4. The van der Waals surface area contributed by atoms with Crippen LogP contribution in [-0.2, 0) is 4.79 Å². The van der Waals surface area contributed by atoms with E-state index in [1.54, 1.807) is 0 Å². The summed E-state index contributed by atoms with van der Waals surface area (Å²) in [7, 11) is 0. The predicted molar refractivity (Wildman–Crippen MR) is 96.5 cm³/mol. The van der Waals surface area contributed by atoms with E-state index < -0.39 is 0 Å². The molecule has 8 atom stereocenters. The number of fused-ring (bicyclic) bond motifs is 5. The Labute approximate surface area is 147 Å². The van der Waals surface area contributed by atoms with Gasteiger partial charge in [-0.3, -0.25) is 4.79 Å². The Morgan fingerprint density at radius 3 is 2.38 bits per heavy atom. The maximum Gasteiger partial charge on any atom is 0.133 e. The fourth-order valence-corrected chi connectivity index (χ4v) is 8.28. The summed E-state index contributed by atoms with van der Waals surface area (Å²) in [6.45, 7) is 9.28. The van der Waals surface area contributed by atoms with E-state index in [-0.39, 0.29) is 11.5 Å². The minimum absolute atomic E-state index is 0.0814. The number of aliphatic hydroxyl groups is 1. The molecule has 0 radical (unpaired) electrons. The number of hydrogen-bond acceptors (Lipinski definition) is 2. The molecule has 0 aromatic carbocycles. The van der Waals surface area contributed by atoms with Gasteiger partial charge in [0, 0.05) is 5.92 Å². The summed E-state index contributed by atoms with van der Waals surface area (Å²) in [4.78, 5) is 12.2. The lowest BCUT2D eigenvalue weighted by atomic mass is 9.40. The monoisotopic (exact) mass is 332 g/mol. The van der Waals surface area contributed by atoms with Gasteiger partial charge in [-0.25, -0.2) is 0 Å². The fourth-order valence-electron chi connectivity index (χ4n) is 8.28. The molecule has 4 aliphatic rings. The highest BCUT2D eigenvalue weighted by Crippen LogP contribution is 2.70. The minimum atomic E-state index is -0.0814. The topological polar surface area (TPSA) is 37.3 Å². The summed E-state index contributed by atoms with van der Waals surface area (Å²) < 4.78 is 0. The van der Waals surface area contributed by atoms with Gasteiger partial charge < -0.3 is 5.11 Å². The van der Waals surface area contributed by atoms with Gasteiger partial charge >= 0.3 is 0 Å². The van der Waals surface area contributed by atoms with Crippen molar-refractivity contribution in [1.82, 2.24) is 0 Å². The van der Waals surface area contributed by atoms with Crippen LogP contribution in [0.3, 0.4) is 0 Å². The lowest BCUT2D eigenvalue weighted by Crippen LogP contribution is -2.58. The van der Waals surface area contributed by atoms with Crippen LogP contribution in [0.15, 0.2) is 0 Å². The van der Waals surface area contributed by atoms with E-state index in [4.69, 9.17) is 0 Å². The van der Waals surface area contributed by atoms with Crippen LogP contribution < -0.4 is 0 Å². The molecule has 4 aliphatic carbocycles. The zero-order valence-corrected chi connectivity index (χ0v) is 16.1. The van der Waals surface area contributed by atoms with Crippen molar-refractivity contribution < 1.29 is 9.90 Å². The average molecular weight is 333 g/mol. The first-order chi connectivity index (χ1) is 11.2. The lowest BCUT2D eigenvalue weighted by molar-refractivity contribution is -0.171. The summed E-state index contributed by atoms with van der Waals surface area (Å²) >= 11 is 0. The summed E-state index contributed by atoms with van der Waals surface area (Å²) in [5.74, 6) is 3.15. The molecule has 0 amide bonds. The number of carbonyl (C=O) groups is 1. The van der Waals surface area contributed by atoms with Gasteiger partial charge in [-0.15, -0.1) is 0 Å². The Morgan fingerprint density at radius 2 is 1.67 bits per heavy atom. The Bertz CT molecular complexity index is 542. The first kappa shape index (κ1) is 17.1. The maximum absolute atomic E-state index is 12.2. The van der Waals surface area contributed by atoms with Gasteiger partial charge in [0.1, 0.15) is 5.78 Å². The lowest BCUT2D eigenvalue weighted by Gasteiger charge is -2.65. The highest BCUT2D eigenvalue weighted by Gasteiger charge is 2.63. The van der Waals surface area contributed by atoms with Gasteiger partial charge in [-0.05, 0) is 98.7 Å². The Balaban J connectivity index is 1.65. The number of aliphatic hydroxyl groups excluding tert-OH is 1. The Morgan fingerprint density at radius 1 is 0.917 bits per heavy atom. The molecule has 136 valence electrons. The van der Waals surface area contributed by atoms with E-state index in [1.165, 1.54) is 38.5 Å². The van der Waals surface area contributed by atoms with E-state index in [2.05, 4.69) is 20.8 Å². The van der Waals surface area contributed by atoms with Crippen molar-refractivity contribution >= 4 is 5.78 Å². The molecule has 0 spiro atoms. The van der Waals surface area contributed by atoms with Crippen molar-refractivity contribution in [3.63, 3.8) is 0 Å². The molecule has 4 fully saturated rings. The van der Waals surface area contributed by atoms with Crippen LogP contribution in [0.1, 0.15) is 85.5 Å². The summed E-state index contributed by atoms with van der Waals surface area (Å²) in [5, 5.41) is 10.3. The molecule has 0 heterocycles. The van der Waals surface area contributed by atoms with Crippen LogP contribution >= 0.6 is 0 Å². The smallest absolute Gasteiger partial charge is 0.133 e. The van der Waals surface area contributed by atoms with Crippen molar-refractivity contribution in [3.8, 4) is 0 Å². The second-order valence-electron chi connectivity index (χ2n) is 10.6. The van der Waals surface area contributed by atoms with Crippen LogP contribution in [-0.4, -0.2) is 17.0 Å². The van der Waals surface area contributed by atoms with E-state index in [9.17, 15) is 9.90 Å². The van der Waals surface area contributed by atoms with Gasteiger partial charge in [0.05, 0.1) is 6.10 Å². The molecule has 2 nitrogen and oxygen atoms in total. The van der Waals surface area contributed by atoms with Crippen LogP contribution in [0.4, 0.5) is 0 Å². The van der Waals surface area contributed by atoms with Crippen molar-refractivity contribution in [1.29, 1.82) is 0 Å². The highest BCUT2D eigenvalue weighted by atomic mass is 16.3. The van der Waals surface area contributed by atoms with Crippen molar-refractivity contribution in [2.75, 3.05) is 0 Å². The van der Waals surface area contributed by atoms with Crippen molar-refractivity contribution in [2.45, 2.75) is 91.6 Å². The van der Waals surface area contributed by atoms with E-state index in [0.717, 1.165) is 37.0 Å². The molecular formula is C22H36O2. The summed E-state index contributed by atoms with van der Waals surface area (Å²) in [6, 6.07) is 0. The van der Waals surface area contributed by atoms with Gasteiger partial charge in [-0.1, -0.05) is 20.8 Å². The van der Waals surface area contributed by atoms with Crippen LogP contribution in [0, 0.1) is 39.9 Å². The molecule has 0 aromatic rings. The first-order valence-corrected chi connectivity index (χ1v) is 10.4. The summed E-state index contributed by atoms with van der Waals surface area (Å²) in [6.07, 6.45) is 10.7. The highest BCUT2D eigenvalue weighted by molar-refractivity contribution is 5.79. The van der Waals surface area contributed by atoms with Gasteiger partial charge in [0.15, 0.2) is 0 Å². The largest absolute Gasteiger partial charge is 0.393 e. The number of hydrogen-bond donors (Lipinski definition) is 1. The third-order valence-electron chi connectivity index (χ3n) is 9.84. The van der Waals surface area contributed by atoms with E-state index in [0.29, 0.717) is 22.5 Å². The number of ketones is 1. The zero-order valence-electron chi connectivity index (χ0n) is 16.1. The molecular weight excluding hydrogens is 296 g/mol. The standard InChI is InChI=1S/C22H36O2/c1-14(23)17-5-6-18-16-8-10-20(2)13-15(24)7-12-22(20,4)19(16)9-11-21(17,18)3/h15-19,24H,5-13H2,1-4H3/t15-,16+,17-,18+,19+,20?,21-,22-/m1/s1. The Hall–Kier alpha value is -0.370. The molecule has 4 saturated carbocycles. The van der Waals surface area contributed by atoms with Gasteiger partial charge in [0.2, 0.25) is 0 Å². The zero-order chi connectivity index (χ0) is 17.3. The quantitative estimate of drug-likeness (QED) is 0.735. The molecule has 24 heavy (non-hydrogen) atoms. The maximum atomic E-state index is 12.2. The number of rotatable bonds is 1. The van der Waals surface area contributed by atoms with Crippen LogP contribution in [0.25, 0.3) is 0 Å². The van der Waals surface area contributed by atoms with E-state index in [1.807, 2.05) is 6.92 Å². The normalized spacial score (nSPS) is 57.0. The van der Waals surface area contributed by atoms with Crippen molar-refractivity contribution in [3.05, 3.63) is 0 Å². The predicted octanol–water partition coefficient (Wildman–Crippen LogP) is 4.99. The number of Topliss-reactive ketones (excluding diaryl/α,β-unsaturated/α-hetero) is 1. The van der Waals surface area contributed by atoms with Crippen LogP contribution in [0.2, 0.25) is 0 Å². The minimum Gasteiger partial charge on any atom is -0.393 e. The van der Waals surface area contributed by atoms with E-state index >= 15 is 0 Å². The van der Waals surface area contributed by atoms with Crippen LogP contribution in [0.5, 0.6) is 0 Å². The summed E-state index contributed by atoms with van der Waals surface area (Å²) in [5.41, 5.74) is 0.980. The SMILES string of the molecule is CC(=O)[C@H]1CC[C@H]2[C@@H]3CCC4(C)C[C@H](O)CC[C@]4(C)[C@H]3CC[C@]12C. The molecule has 0 aromatic heterocycles. The fraction of sp³-hybridized carbons (Fsp3) is 0.955. The second-order valence-corrected chi connectivity index (χ2v) is 10.6. The van der Waals surface area contributed by atoms with Crippen molar-refractivity contribution in [2.24, 2.45) is 39.9 Å². The second kappa shape index (κ2) is 5.32. The van der Waals surface area contributed by atoms with Gasteiger partial charge in [0.25, 0.3) is 0 Å². The molecule has 2 heteroatoms. The molecule has 1 unspecified atom stereocenters. The Kier molecular flexibility index (Phi) is 3.78. The average Bonchev–Trinajstić information content (AvgIpc) is 2.86. The molecule has 0 saturated heterocycles. The third-order valence-corrected chi connectivity index (χ3v) is 9.84. The molecule has 0 aliphatic heterocycles.